The first-order valence-corrected chi connectivity index (χ1v) is 14.0. The summed E-state index contributed by atoms with van der Waals surface area (Å²) in [5.74, 6) is -1.98. The van der Waals surface area contributed by atoms with E-state index in [0.29, 0.717) is 17.9 Å². The number of oxime groups is 1. The number of carbonyl (C=O) groups is 3. The fourth-order valence-corrected chi connectivity index (χ4v) is 7.41. The normalized spacial score (nSPS) is 19.8. The van der Waals surface area contributed by atoms with Crippen molar-refractivity contribution in [3.63, 3.8) is 0 Å². The molecular formula is C21H18BrN6O5S3+. The van der Waals surface area contributed by atoms with Crippen LogP contribution in [0.2, 0.25) is 0 Å². The number of nitrogen functional groups attached to an aromatic ring is 1. The molecule has 11 nitrogen and oxygen atoms in total. The van der Waals surface area contributed by atoms with Gasteiger partial charge in [-0.3, -0.25) is 14.5 Å². The Morgan fingerprint density at radius 2 is 2.22 bits per heavy atom. The molecule has 5 heterocycles. The lowest BCUT2D eigenvalue weighted by Gasteiger charge is -2.49. The van der Waals surface area contributed by atoms with Crippen LogP contribution in [0, 0.1) is 0 Å². The van der Waals surface area contributed by atoms with E-state index in [9.17, 15) is 19.5 Å². The van der Waals surface area contributed by atoms with Gasteiger partial charge in [-0.1, -0.05) is 5.16 Å². The summed E-state index contributed by atoms with van der Waals surface area (Å²) in [6, 6.07) is 1.06. The first kappa shape index (κ1) is 24.7. The number of carboxylic acids is 1. The van der Waals surface area contributed by atoms with Crippen LogP contribution in [0.1, 0.15) is 5.69 Å². The molecule has 4 N–H and O–H groups in total. The van der Waals surface area contributed by atoms with Gasteiger partial charge in [-0.2, -0.15) is 0 Å². The fourth-order valence-electron chi connectivity index (χ4n) is 4.01. The van der Waals surface area contributed by atoms with Crippen molar-refractivity contribution in [1.29, 1.82) is 0 Å². The Morgan fingerprint density at radius 1 is 1.42 bits per heavy atom. The largest absolute Gasteiger partial charge is 0.477 e. The van der Waals surface area contributed by atoms with E-state index in [1.807, 2.05) is 28.4 Å². The number of pyridine rings is 1. The zero-order valence-corrected chi connectivity index (χ0v) is 22.5. The van der Waals surface area contributed by atoms with Crippen molar-refractivity contribution >= 4 is 89.1 Å². The lowest BCUT2D eigenvalue weighted by molar-refractivity contribution is -0.687. The van der Waals surface area contributed by atoms with Crippen LogP contribution in [0.4, 0.5) is 5.13 Å². The first-order chi connectivity index (χ1) is 17.3. The summed E-state index contributed by atoms with van der Waals surface area (Å²) >= 11 is 7.67. The second-order valence-electron chi connectivity index (χ2n) is 7.79. The summed E-state index contributed by atoms with van der Waals surface area (Å²) in [6.45, 7) is 0.316. The van der Waals surface area contributed by atoms with E-state index in [4.69, 9.17) is 10.6 Å². The number of hydrogen-bond acceptors (Lipinski definition) is 10. The van der Waals surface area contributed by atoms with E-state index in [1.165, 1.54) is 23.8 Å². The number of thiophene rings is 1. The van der Waals surface area contributed by atoms with E-state index in [2.05, 4.69) is 31.4 Å². The van der Waals surface area contributed by atoms with Crippen LogP contribution in [0.25, 0.3) is 10.1 Å². The average molecular weight is 611 g/mol. The number of halogens is 1. The Hall–Kier alpha value is -3.01. The Balaban J connectivity index is 1.36. The second kappa shape index (κ2) is 9.80. The van der Waals surface area contributed by atoms with Crippen LogP contribution >= 0.6 is 50.4 Å². The summed E-state index contributed by atoms with van der Waals surface area (Å²) in [5.41, 5.74) is 6.30. The van der Waals surface area contributed by atoms with Crippen molar-refractivity contribution in [2.45, 2.75) is 18.0 Å². The van der Waals surface area contributed by atoms with Crippen molar-refractivity contribution < 1.29 is 28.9 Å². The minimum atomic E-state index is -1.19. The molecule has 2 aliphatic rings. The molecule has 0 radical (unpaired) electrons. The molecule has 2 aliphatic heterocycles. The highest BCUT2D eigenvalue weighted by Gasteiger charge is 2.54. The van der Waals surface area contributed by atoms with Gasteiger partial charge in [0.2, 0.25) is 0 Å². The van der Waals surface area contributed by atoms with Crippen LogP contribution in [0.5, 0.6) is 0 Å². The van der Waals surface area contributed by atoms with E-state index in [1.54, 1.807) is 16.7 Å². The molecule has 186 valence electrons. The monoisotopic (exact) mass is 609 g/mol. The van der Waals surface area contributed by atoms with Crippen molar-refractivity contribution in [3.05, 3.63) is 50.7 Å². The highest BCUT2D eigenvalue weighted by Crippen LogP contribution is 2.40. The predicted molar refractivity (Wildman–Crippen MR) is 139 cm³/mol. The minimum absolute atomic E-state index is 0.0516. The number of aromatic nitrogens is 2. The second-order valence-corrected chi connectivity index (χ2v) is 11.6. The maximum atomic E-state index is 13.0. The van der Waals surface area contributed by atoms with Gasteiger partial charge in [-0.05, 0) is 15.9 Å². The average Bonchev–Trinajstić information content (AvgIpc) is 3.45. The maximum absolute atomic E-state index is 13.0. The molecule has 0 aromatic carbocycles. The molecule has 2 atom stereocenters. The highest BCUT2D eigenvalue weighted by atomic mass is 79.9. The molecule has 1 unspecified atom stereocenters. The summed E-state index contributed by atoms with van der Waals surface area (Å²) in [7, 11) is 1.29. The molecule has 3 aromatic rings. The van der Waals surface area contributed by atoms with Gasteiger partial charge >= 0.3 is 5.97 Å². The highest BCUT2D eigenvalue weighted by molar-refractivity contribution is 9.10. The standard InChI is InChI=1S/C21H17BrN6O5S3/c1-33-26-14(12-8-36-21(23)24-12)17(29)25-15-18(30)28-16(20(31)32)9(6-35-19(15)28)4-27-3-2-13-10(5-27)11(22)7-34-13/h2-3,5,7-8,15,19H,4,6H2,1H3,(H3-,23,24,25,29,31,32)/p+1/t15?,19-/m0/s1. The number of nitrogens with two attached hydrogens (primary N) is 1. The van der Waals surface area contributed by atoms with Gasteiger partial charge in [0.25, 0.3) is 11.8 Å². The Bertz CT molecular complexity index is 1470. The third-order valence-corrected chi connectivity index (χ3v) is 9.53. The number of rotatable bonds is 7. The molecule has 0 saturated carbocycles. The van der Waals surface area contributed by atoms with Crippen LogP contribution < -0.4 is 15.6 Å². The third kappa shape index (κ3) is 4.36. The molecule has 36 heavy (non-hydrogen) atoms. The molecule has 2 amide bonds. The molecule has 1 fully saturated rings. The molecule has 15 heteroatoms. The van der Waals surface area contributed by atoms with Gasteiger partial charge in [-0.15, -0.1) is 34.4 Å². The number of nitrogens with zero attached hydrogens (tertiary/aromatic N) is 4. The summed E-state index contributed by atoms with van der Waals surface area (Å²) in [5, 5.41) is 20.6. The van der Waals surface area contributed by atoms with E-state index in [-0.39, 0.29) is 22.2 Å². The Labute approximate surface area is 224 Å². The number of fused-ring (bicyclic) bond motifs is 2. The van der Waals surface area contributed by atoms with E-state index in [0.717, 1.165) is 25.9 Å². The molecule has 1 saturated heterocycles. The molecule has 5 rings (SSSR count). The van der Waals surface area contributed by atoms with Crippen LogP contribution in [0.3, 0.4) is 0 Å². The number of thioether (sulfide) groups is 1. The zero-order chi connectivity index (χ0) is 25.6. The number of thiazole rings is 1. The number of aliphatic carboxylic acids is 1. The van der Waals surface area contributed by atoms with Gasteiger partial charge in [0.1, 0.15) is 29.9 Å². The van der Waals surface area contributed by atoms with Crippen molar-refractivity contribution in [3.8, 4) is 0 Å². The molecule has 0 aliphatic carbocycles. The molecule has 0 spiro atoms. The van der Waals surface area contributed by atoms with Gasteiger partial charge in [0, 0.05) is 37.3 Å². The number of carbonyl (C=O) groups excluding carboxylic acids is 2. The lowest BCUT2D eigenvalue weighted by atomic mass is 10.0. The number of hydrogen-bond donors (Lipinski definition) is 3. The quantitative estimate of drug-likeness (QED) is 0.159. The molecular weight excluding hydrogens is 592 g/mol. The molecule has 3 aromatic heterocycles. The Kier molecular flexibility index (Phi) is 6.72. The van der Waals surface area contributed by atoms with Crippen molar-refractivity contribution in [1.82, 2.24) is 15.2 Å². The number of β-lactam (4-membered cyclic amide) rings is 1. The topological polar surface area (TPSA) is 151 Å². The number of anilines is 1. The summed E-state index contributed by atoms with van der Waals surface area (Å²) in [6.07, 6.45) is 3.83. The van der Waals surface area contributed by atoms with Crippen LogP contribution in [-0.2, 0) is 25.8 Å². The van der Waals surface area contributed by atoms with Crippen molar-refractivity contribution in [2.24, 2.45) is 5.16 Å². The number of carboxylic acid groups (broad SMARTS) is 1. The smallest absolute Gasteiger partial charge is 0.352 e. The molecule has 0 bridgehead atoms. The van der Waals surface area contributed by atoms with Gasteiger partial charge in [0.15, 0.2) is 29.8 Å². The fraction of sp³-hybridized carbons (Fsp3) is 0.238. The number of amides is 2. The Morgan fingerprint density at radius 3 is 2.92 bits per heavy atom. The summed E-state index contributed by atoms with van der Waals surface area (Å²) in [4.78, 5) is 48.2. The number of nitrogens with one attached hydrogen (secondary N) is 1. The van der Waals surface area contributed by atoms with Gasteiger partial charge in [-0.25, -0.2) is 14.3 Å². The van der Waals surface area contributed by atoms with Gasteiger partial charge in [0.05, 0.1) is 5.39 Å². The predicted octanol–water partition coefficient (Wildman–Crippen LogP) is 1.78. The maximum Gasteiger partial charge on any atom is 0.352 e. The minimum Gasteiger partial charge on any atom is -0.477 e. The first-order valence-electron chi connectivity index (χ1n) is 10.4. The van der Waals surface area contributed by atoms with E-state index >= 15 is 0 Å². The van der Waals surface area contributed by atoms with Gasteiger partial charge < -0.3 is 21.0 Å². The SMILES string of the molecule is CON=C(C(=O)NC1C(=O)N2C(C(=O)O)=C(C[n+]3ccc4scc(Br)c4c3)CS[C@@H]12)c1csc(N)n1. The zero-order valence-electron chi connectivity index (χ0n) is 18.5. The van der Waals surface area contributed by atoms with E-state index < -0.39 is 29.2 Å². The summed E-state index contributed by atoms with van der Waals surface area (Å²) < 4.78 is 3.97. The van der Waals surface area contributed by atoms with Crippen LogP contribution in [0.15, 0.2) is 50.1 Å². The van der Waals surface area contributed by atoms with Crippen LogP contribution in [-0.4, -0.2) is 62.8 Å². The lowest BCUT2D eigenvalue weighted by Crippen LogP contribution is -2.71. The van der Waals surface area contributed by atoms with Crippen molar-refractivity contribution in [2.75, 3.05) is 18.6 Å². The third-order valence-electron chi connectivity index (χ3n) is 5.60.